The van der Waals surface area contributed by atoms with Gasteiger partial charge in [-0.05, 0) is 38.1 Å². The van der Waals surface area contributed by atoms with Crippen molar-refractivity contribution in [3.63, 3.8) is 0 Å². The van der Waals surface area contributed by atoms with Crippen LogP contribution in [-0.2, 0) is 0 Å². The molecule has 6 heteroatoms. The van der Waals surface area contributed by atoms with E-state index in [1.165, 1.54) is 12.1 Å². The maximum absolute atomic E-state index is 13.4. The molecule has 0 atom stereocenters. The van der Waals surface area contributed by atoms with Gasteiger partial charge in [-0.15, -0.1) is 0 Å². The van der Waals surface area contributed by atoms with Gasteiger partial charge < -0.3 is 10.6 Å². The van der Waals surface area contributed by atoms with Crippen LogP contribution >= 0.6 is 12.2 Å². The Kier molecular flexibility index (Phi) is 4.24. The monoisotopic (exact) mass is 290 g/mol. The summed E-state index contributed by atoms with van der Waals surface area (Å²) < 4.78 is 13.4. The van der Waals surface area contributed by atoms with Gasteiger partial charge in [0.05, 0.1) is 0 Å². The molecule has 0 amide bonds. The molecular weight excluding hydrogens is 275 g/mol. The number of nitrogens with zero attached hydrogens (tertiary/aromatic N) is 3. The van der Waals surface area contributed by atoms with Gasteiger partial charge >= 0.3 is 0 Å². The maximum atomic E-state index is 13.4. The average molecular weight is 290 g/mol. The van der Waals surface area contributed by atoms with E-state index in [2.05, 4.69) is 9.97 Å². The second-order valence-electron chi connectivity index (χ2n) is 4.28. The number of halogens is 1. The molecule has 4 nitrogen and oxygen atoms in total. The summed E-state index contributed by atoms with van der Waals surface area (Å²) in [5, 5.41) is 0. The number of anilines is 2. The molecule has 0 fully saturated rings. The van der Waals surface area contributed by atoms with Gasteiger partial charge in [0.1, 0.15) is 16.5 Å². The lowest BCUT2D eigenvalue weighted by Gasteiger charge is -2.21. The predicted octanol–water partition coefficient (Wildman–Crippen LogP) is 2.72. The number of hydrogen-bond donors (Lipinski definition) is 1. The lowest BCUT2D eigenvalue weighted by molar-refractivity contribution is 0.627. The molecule has 2 aromatic rings. The highest BCUT2D eigenvalue weighted by Gasteiger charge is 2.13. The largest absolute Gasteiger partial charge is 0.388 e. The zero-order valence-electron chi connectivity index (χ0n) is 11.3. The molecular formula is C14H15FN4S. The van der Waals surface area contributed by atoms with Crippen LogP contribution < -0.4 is 10.6 Å². The minimum Gasteiger partial charge on any atom is -0.388 e. The SMILES string of the molecule is CCN(c1cccc(F)c1)c1nc(C)cc(C(N)=S)n1. The molecule has 1 aromatic carbocycles. The third kappa shape index (κ3) is 3.08. The van der Waals surface area contributed by atoms with Crippen LogP contribution in [0.25, 0.3) is 0 Å². The molecule has 0 saturated heterocycles. The van der Waals surface area contributed by atoms with E-state index in [0.29, 0.717) is 23.9 Å². The van der Waals surface area contributed by atoms with Crippen molar-refractivity contribution in [3.8, 4) is 0 Å². The van der Waals surface area contributed by atoms with Crippen molar-refractivity contribution in [3.05, 3.63) is 47.5 Å². The van der Waals surface area contributed by atoms with Gasteiger partial charge in [0.25, 0.3) is 0 Å². The number of benzene rings is 1. The zero-order valence-corrected chi connectivity index (χ0v) is 12.1. The van der Waals surface area contributed by atoms with Gasteiger partial charge in [0, 0.05) is 17.9 Å². The zero-order chi connectivity index (χ0) is 14.7. The first-order valence-corrected chi connectivity index (χ1v) is 6.60. The Balaban J connectivity index is 2.49. The standard InChI is InChI=1S/C14H15FN4S/c1-3-19(11-6-4-5-10(15)8-11)14-17-9(2)7-12(18-14)13(16)20/h4-8H,3H2,1-2H3,(H2,16,20). The van der Waals surface area contributed by atoms with Crippen molar-refractivity contribution in [2.45, 2.75) is 13.8 Å². The summed E-state index contributed by atoms with van der Waals surface area (Å²) in [5.41, 5.74) is 7.57. The Labute approximate surface area is 122 Å². The van der Waals surface area contributed by atoms with Gasteiger partial charge in [-0.1, -0.05) is 18.3 Å². The number of aryl methyl sites for hydroxylation is 1. The van der Waals surface area contributed by atoms with Crippen LogP contribution in [0.2, 0.25) is 0 Å². The van der Waals surface area contributed by atoms with E-state index in [-0.39, 0.29) is 10.8 Å². The minimum absolute atomic E-state index is 0.215. The fourth-order valence-corrected chi connectivity index (χ4v) is 1.99. The molecule has 2 N–H and O–H groups in total. The first-order chi connectivity index (χ1) is 9.51. The van der Waals surface area contributed by atoms with E-state index in [4.69, 9.17) is 18.0 Å². The highest BCUT2D eigenvalue weighted by molar-refractivity contribution is 7.80. The molecule has 1 heterocycles. The molecule has 104 valence electrons. The van der Waals surface area contributed by atoms with Gasteiger partial charge in [-0.2, -0.15) is 0 Å². The Hall–Kier alpha value is -2.08. The highest BCUT2D eigenvalue weighted by atomic mass is 32.1. The smallest absolute Gasteiger partial charge is 0.230 e. The van der Waals surface area contributed by atoms with Crippen molar-refractivity contribution in [1.82, 2.24) is 9.97 Å². The molecule has 0 aliphatic heterocycles. The quantitative estimate of drug-likeness (QED) is 0.877. The Morgan fingerprint density at radius 2 is 2.10 bits per heavy atom. The van der Waals surface area contributed by atoms with Crippen LogP contribution in [0.15, 0.2) is 30.3 Å². The summed E-state index contributed by atoms with van der Waals surface area (Å²) >= 11 is 4.95. The third-order valence-corrected chi connectivity index (χ3v) is 2.98. The van der Waals surface area contributed by atoms with Crippen LogP contribution in [0.3, 0.4) is 0 Å². The molecule has 0 unspecified atom stereocenters. The third-order valence-electron chi connectivity index (χ3n) is 2.77. The van der Waals surface area contributed by atoms with Crippen LogP contribution in [0.5, 0.6) is 0 Å². The molecule has 1 aromatic heterocycles. The first kappa shape index (κ1) is 14.3. The molecule has 0 aliphatic carbocycles. The molecule has 20 heavy (non-hydrogen) atoms. The number of nitrogens with two attached hydrogens (primary N) is 1. The summed E-state index contributed by atoms with van der Waals surface area (Å²) in [6.07, 6.45) is 0. The van der Waals surface area contributed by atoms with Crippen molar-refractivity contribution in [1.29, 1.82) is 0 Å². The van der Waals surface area contributed by atoms with E-state index in [1.54, 1.807) is 23.1 Å². The Bertz CT molecular complexity index is 645. The van der Waals surface area contributed by atoms with Gasteiger partial charge in [-0.25, -0.2) is 14.4 Å². The molecule has 2 rings (SSSR count). The lowest BCUT2D eigenvalue weighted by Crippen LogP contribution is -2.22. The Morgan fingerprint density at radius 3 is 2.70 bits per heavy atom. The number of aromatic nitrogens is 2. The molecule has 0 saturated carbocycles. The van der Waals surface area contributed by atoms with Crippen molar-refractivity contribution in [2.24, 2.45) is 5.73 Å². The summed E-state index contributed by atoms with van der Waals surface area (Å²) in [6, 6.07) is 8.02. The number of hydrogen-bond acceptors (Lipinski definition) is 4. The highest BCUT2D eigenvalue weighted by Crippen LogP contribution is 2.23. The van der Waals surface area contributed by atoms with Crippen molar-refractivity contribution in [2.75, 3.05) is 11.4 Å². The van der Waals surface area contributed by atoms with E-state index < -0.39 is 0 Å². The van der Waals surface area contributed by atoms with Crippen molar-refractivity contribution >= 4 is 28.8 Å². The minimum atomic E-state index is -0.303. The van der Waals surface area contributed by atoms with E-state index in [9.17, 15) is 4.39 Å². The molecule has 0 bridgehead atoms. The Morgan fingerprint density at radius 1 is 1.35 bits per heavy atom. The lowest BCUT2D eigenvalue weighted by atomic mass is 10.3. The summed E-state index contributed by atoms with van der Waals surface area (Å²) in [5.74, 6) is 0.157. The topological polar surface area (TPSA) is 55.0 Å². The van der Waals surface area contributed by atoms with Crippen LogP contribution in [0, 0.1) is 12.7 Å². The molecule has 0 spiro atoms. The van der Waals surface area contributed by atoms with Crippen LogP contribution in [-0.4, -0.2) is 21.5 Å². The average Bonchev–Trinajstić information content (AvgIpc) is 2.39. The molecule has 0 aliphatic rings. The van der Waals surface area contributed by atoms with Gasteiger partial charge in [0.15, 0.2) is 0 Å². The summed E-state index contributed by atoms with van der Waals surface area (Å²) in [7, 11) is 0. The fraction of sp³-hybridized carbons (Fsp3) is 0.214. The fourth-order valence-electron chi connectivity index (χ4n) is 1.88. The van der Waals surface area contributed by atoms with Crippen LogP contribution in [0.1, 0.15) is 18.3 Å². The van der Waals surface area contributed by atoms with E-state index >= 15 is 0 Å². The van der Waals surface area contributed by atoms with Crippen molar-refractivity contribution < 1.29 is 4.39 Å². The first-order valence-electron chi connectivity index (χ1n) is 6.20. The second kappa shape index (κ2) is 5.92. The summed E-state index contributed by atoms with van der Waals surface area (Å²) in [6.45, 7) is 4.38. The summed E-state index contributed by atoms with van der Waals surface area (Å²) in [4.78, 5) is 10.7. The van der Waals surface area contributed by atoms with Gasteiger partial charge in [0.2, 0.25) is 5.95 Å². The van der Waals surface area contributed by atoms with E-state index in [0.717, 1.165) is 5.69 Å². The van der Waals surface area contributed by atoms with Gasteiger partial charge in [-0.3, -0.25) is 0 Å². The number of thiocarbonyl (C=S) groups is 1. The second-order valence-corrected chi connectivity index (χ2v) is 4.72. The number of rotatable bonds is 4. The predicted molar refractivity (Wildman–Crippen MR) is 81.7 cm³/mol. The molecule has 0 radical (unpaired) electrons. The maximum Gasteiger partial charge on any atom is 0.230 e. The normalized spacial score (nSPS) is 10.3. The van der Waals surface area contributed by atoms with E-state index in [1.807, 2.05) is 13.8 Å². The van der Waals surface area contributed by atoms with Crippen LogP contribution in [0.4, 0.5) is 16.0 Å².